The lowest BCUT2D eigenvalue weighted by molar-refractivity contribution is -0.105. The summed E-state index contributed by atoms with van der Waals surface area (Å²) in [5, 5.41) is 0.632. The second-order valence-electron chi connectivity index (χ2n) is 4.32. The van der Waals surface area contributed by atoms with E-state index in [2.05, 4.69) is 4.98 Å². The van der Waals surface area contributed by atoms with Crippen LogP contribution in [0.5, 0.6) is 0 Å². The molecule has 4 heteroatoms. The Bertz CT molecular complexity index is 582. The molecule has 1 heterocycles. The molecule has 0 spiro atoms. The van der Waals surface area contributed by atoms with Gasteiger partial charge in [0.2, 0.25) is 0 Å². The number of allylic oxidation sites excluding steroid dienone is 2. The molecule has 0 unspecified atom stereocenters. The predicted octanol–water partition coefficient (Wildman–Crippen LogP) is 3.95. The van der Waals surface area contributed by atoms with Gasteiger partial charge in [-0.1, -0.05) is 12.1 Å². The lowest BCUT2D eigenvalue weighted by Gasteiger charge is -2.14. The van der Waals surface area contributed by atoms with Crippen molar-refractivity contribution in [3.05, 3.63) is 34.7 Å². The van der Waals surface area contributed by atoms with E-state index in [1.165, 1.54) is 11.8 Å². The van der Waals surface area contributed by atoms with Gasteiger partial charge in [-0.05, 0) is 49.6 Å². The zero-order valence-electron chi connectivity index (χ0n) is 9.89. The molecular formula is C14H13NO2S. The highest BCUT2D eigenvalue weighted by Gasteiger charge is 2.16. The summed E-state index contributed by atoms with van der Waals surface area (Å²) in [4.78, 5) is 16.5. The van der Waals surface area contributed by atoms with Crippen molar-refractivity contribution in [1.29, 1.82) is 0 Å². The number of thioether (sulfide) groups is 1. The molecule has 1 aliphatic carbocycles. The quantitative estimate of drug-likeness (QED) is 0.783. The number of benzene rings is 1. The van der Waals surface area contributed by atoms with Crippen LogP contribution in [0.25, 0.3) is 11.1 Å². The third kappa shape index (κ3) is 2.20. The Morgan fingerprint density at radius 1 is 1.22 bits per heavy atom. The summed E-state index contributed by atoms with van der Waals surface area (Å²) >= 11 is 1.49. The molecule has 1 aliphatic rings. The van der Waals surface area contributed by atoms with E-state index in [-0.39, 0.29) is 0 Å². The highest BCUT2D eigenvalue weighted by atomic mass is 32.2. The molecule has 0 fully saturated rings. The Morgan fingerprint density at radius 3 is 2.89 bits per heavy atom. The molecule has 0 aliphatic heterocycles. The average Bonchev–Trinajstić information content (AvgIpc) is 2.81. The molecule has 18 heavy (non-hydrogen) atoms. The van der Waals surface area contributed by atoms with Crippen LogP contribution in [0.1, 0.15) is 25.7 Å². The van der Waals surface area contributed by atoms with E-state index in [1.54, 1.807) is 0 Å². The summed E-state index contributed by atoms with van der Waals surface area (Å²) in [5.74, 6) is 0. The summed E-state index contributed by atoms with van der Waals surface area (Å²) in [6, 6.07) is 7.70. The Balaban J connectivity index is 1.91. The minimum Gasteiger partial charge on any atom is -0.431 e. The molecule has 1 aromatic carbocycles. The van der Waals surface area contributed by atoms with E-state index >= 15 is 0 Å². The van der Waals surface area contributed by atoms with Gasteiger partial charge in [-0.2, -0.15) is 0 Å². The van der Waals surface area contributed by atoms with Crippen molar-refractivity contribution >= 4 is 29.1 Å². The highest BCUT2D eigenvalue weighted by Crippen LogP contribution is 2.37. The number of para-hydroxylation sites is 2. The molecule has 0 saturated carbocycles. The van der Waals surface area contributed by atoms with Gasteiger partial charge in [0.25, 0.3) is 5.22 Å². The Morgan fingerprint density at radius 2 is 2.06 bits per heavy atom. The zero-order chi connectivity index (χ0) is 12.4. The number of nitrogens with zero attached hydrogens (tertiary/aromatic N) is 1. The van der Waals surface area contributed by atoms with Crippen molar-refractivity contribution in [2.45, 2.75) is 30.9 Å². The third-order valence-corrected chi connectivity index (χ3v) is 4.15. The van der Waals surface area contributed by atoms with E-state index in [0.29, 0.717) is 5.22 Å². The Kier molecular flexibility index (Phi) is 3.19. The first-order valence-corrected chi connectivity index (χ1v) is 6.89. The number of rotatable bonds is 3. The summed E-state index contributed by atoms with van der Waals surface area (Å²) in [7, 11) is 0. The standard InChI is InChI=1S/C14H13NO2S/c16-9-10-5-1-4-8-13(10)18-14-15-11-6-2-3-7-12(11)17-14/h2-3,6-7,9H,1,4-5,8H2. The van der Waals surface area contributed by atoms with Crippen LogP contribution >= 0.6 is 11.8 Å². The number of aromatic nitrogens is 1. The smallest absolute Gasteiger partial charge is 0.261 e. The van der Waals surface area contributed by atoms with Crippen LogP contribution in [0.2, 0.25) is 0 Å². The minimum atomic E-state index is 0.632. The predicted molar refractivity (Wildman–Crippen MR) is 71.4 cm³/mol. The maximum Gasteiger partial charge on any atom is 0.261 e. The van der Waals surface area contributed by atoms with Crippen LogP contribution in [0.4, 0.5) is 0 Å². The molecule has 0 atom stereocenters. The second kappa shape index (κ2) is 4.98. The third-order valence-electron chi connectivity index (χ3n) is 3.09. The zero-order valence-corrected chi connectivity index (χ0v) is 10.7. The van der Waals surface area contributed by atoms with Crippen LogP contribution in [0, 0.1) is 0 Å². The number of fused-ring (bicyclic) bond motifs is 1. The van der Waals surface area contributed by atoms with Gasteiger partial charge in [-0.15, -0.1) is 0 Å². The van der Waals surface area contributed by atoms with Gasteiger partial charge in [0.1, 0.15) is 11.8 Å². The first-order chi connectivity index (χ1) is 8.86. The molecule has 0 radical (unpaired) electrons. The molecular weight excluding hydrogens is 246 g/mol. The van der Waals surface area contributed by atoms with E-state index < -0.39 is 0 Å². The Hall–Kier alpha value is -1.55. The summed E-state index contributed by atoms with van der Waals surface area (Å²) < 4.78 is 5.67. The number of carbonyl (C=O) groups excluding carboxylic acids is 1. The van der Waals surface area contributed by atoms with Gasteiger partial charge >= 0.3 is 0 Å². The summed E-state index contributed by atoms with van der Waals surface area (Å²) in [5.41, 5.74) is 2.57. The molecule has 3 nitrogen and oxygen atoms in total. The second-order valence-corrected chi connectivity index (χ2v) is 5.37. The maximum atomic E-state index is 11.0. The van der Waals surface area contributed by atoms with Crippen LogP contribution in [0.3, 0.4) is 0 Å². The number of carbonyl (C=O) groups is 1. The van der Waals surface area contributed by atoms with Crippen LogP contribution in [-0.4, -0.2) is 11.3 Å². The normalized spacial score (nSPS) is 16.2. The first-order valence-electron chi connectivity index (χ1n) is 6.07. The average molecular weight is 259 g/mol. The largest absolute Gasteiger partial charge is 0.431 e. The molecule has 2 aromatic rings. The van der Waals surface area contributed by atoms with Gasteiger partial charge in [-0.25, -0.2) is 4.98 Å². The molecule has 3 rings (SSSR count). The highest BCUT2D eigenvalue weighted by molar-refractivity contribution is 8.02. The van der Waals surface area contributed by atoms with Crippen molar-refractivity contribution in [1.82, 2.24) is 4.98 Å². The van der Waals surface area contributed by atoms with Crippen LogP contribution < -0.4 is 0 Å². The molecule has 92 valence electrons. The van der Waals surface area contributed by atoms with E-state index in [4.69, 9.17) is 4.42 Å². The monoisotopic (exact) mass is 259 g/mol. The van der Waals surface area contributed by atoms with Gasteiger partial charge in [0, 0.05) is 10.5 Å². The molecule has 1 aromatic heterocycles. The summed E-state index contributed by atoms with van der Waals surface area (Å²) in [6.07, 6.45) is 5.05. The molecule has 0 saturated heterocycles. The van der Waals surface area contributed by atoms with E-state index in [9.17, 15) is 4.79 Å². The van der Waals surface area contributed by atoms with Gasteiger partial charge in [0.05, 0.1) is 0 Å². The van der Waals surface area contributed by atoms with Gasteiger partial charge in [0.15, 0.2) is 5.58 Å². The number of oxazole rings is 1. The number of aldehydes is 1. The van der Waals surface area contributed by atoms with E-state index in [0.717, 1.165) is 53.5 Å². The van der Waals surface area contributed by atoms with Gasteiger partial charge < -0.3 is 4.42 Å². The SMILES string of the molecule is O=CC1=C(Sc2nc3ccccc3o2)CCCC1. The minimum absolute atomic E-state index is 0.632. The van der Waals surface area contributed by atoms with Crippen LogP contribution in [0.15, 0.2) is 44.4 Å². The van der Waals surface area contributed by atoms with Crippen molar-refractivity contribution < 1.29 is 9.21 Å². The fourth-order valence-corrected chi connectivity index (χ4v) is 3.16. The fraction of sp³-hybridized carbons (Fsp3) is 0.286. The summed E-state index contributed by atoms with van der Waals surface area (Å²) in [6.45, 7) is 0. The maximum absolute atomic E-state index is 11.0. The molecule has 0 bridgehead atoms. The topological polar surface area (TPSA) is 43.1 Å². The van der Waals surface area contributed by atoms with Crippen molar-refractivity contribution in [3.8, 4) is 0 Å². The lowest BCUT2D eigenvalue weighted by atomic mass is 10.0. The number of hydrogen-bond donors (Lipinski definition) is 0. The van der Waals surface area contributed by atoms with Gasteiger partial charge in [-0.3, -0.25) is 4.79 Å². The lowest BCUT2D eigenvalue weighted by Crippen LogP contribution is -1.98. The van der Waals surface area contributed by atoms with Crippen molar-refractivity contribution in [2.24, 2.45) is 0 Å². The Labute approximate surface area is 109 Å². The van der Waals surface area contributed by atoms with Crippen molar-refractivity contribution in [3.63, 3.8) is 0 Å². The molecule has 0 amide bonds. The fourth-order valence-electron chi connectivity index (χ4n) is 2.14. The number of hydrogen-bond acceptors (Lipinski definition) is 4. The first kappa shape index (κ1) is 11.5. The molecule has 0 N–H and O–H groups in total. The van der Waals surface area contributed by atoms with Crippen molar-refractivity contribution in [2.75, 3.05) is 0 Å². The van der Waals surface area contributed by atoms with E-state index in [1.807, 2.05) is 24.3 Å². The van der Waals surface area contributed by atoms with Crippen LogP contribution in [-0.2, 0) is 4.79 Å².